The van der Waals surface area contributed by atoms with Gasteiger partial charge in [-0.25, -0.2) is 4.79 Å². The SMILES string of the molecule is COc1cc(C)c2[nH]c(=O)c3csc(-c4cccc(C(COC(N)=O)CC(C)(C)C)c4)c3c2c1. The molecule has 0 saturated heterocycles. The highest BCUT2D eigenvalue weighted by Crippen LogP contribution is 2.40. The first-order chi connectivity index (χ1) is 16.1. The van der Waals surface area contributed by atoms with Gasteiger partial charge in [0.1, 0.15) is 12.4 Å². The van der Waals surface area contributed by atoms with E-state index >= 15 is 0 Å². The van der Waals surface area contributed by atoms with Gasteiger partial charge in [0.15, 0.2) is 0 Å². The lowest BCUT2D eigenvalue weighted by Gasteiger charge is -2.26. The van der Waals surface area contributed by atoms with Crippen LogP contribution in [0.25, 0.3) is 32.1 Å². The highest BCUT2D eigenvalue weighted by molar-refractivity contribution is 7.15. The van der Waals surface area contributed by atoms with Gasteiger partial charge in [0.2, 0.25) is 0 Å². The largest absolute Gasteiger partial charge is 0.497 e. The Hall–Kier alpha value is -3.32. The fraction of sp³-hybridized carbons (Fsp3) is 0.333. The number of pyridine rings is 1. The number of nitrogens with one attached hydrogen (secondary N) is 1. The number of H-pyrrole nitrogens is 1. The number of methoxy groups -OCH3 is 1. The highest BCUT2D eigenvalue weighted by atomic mass is 32.1. The monoisotopic (exact) mass is 478 g/mol. The second kappa shape index (κ2) is 9.14. The van der Waals surface area contributed by atoms with Crippen LogP contribution in [0.4, 0.5) is 4.79 Å². The van der Waals surface area contributed by atoms with E-state index in [1.54, 1.807) is 18.4 Å². The molecule has 1 atom stereocenters. The number of aromatic amines is 1. The van der Waals surface area contributed by atoms with Crippen LogP contribution < -0.4 is 16.0 Å². The maximum absolute atomic E-state index is 12.9. The summed E-state index contributed by atoms with van der Waals surface area (Å²) in [5, 5.41) is 4.45. The molecular weight excluding hydrogens is 448 g/mol. The van der Waals surface area contributed by atoms with Gasteiger partial charge in [-0.3, -0.25) is 4.79 Å². The maximum atomic E-state index is 12.9. The summed E-state index contributed by atoms with van der Waals surface area (Å²) in [5.74, 6) is 0.749. The number of hydrogen-bond acceptors (Lipinski definition) is 5. The Kier molecular flexibility index (Phi) is 6.41. The van der Waals surface area contributed by atoms with Crippen molar-refractivity contribution in [3.63, 3.8) is 0 Å². The Morgan fingerprint density at radius 3 is 2.62 bits per heavy atom. The van der Waals surface area contributed by atoms with E-state index in [4.69, 9.17) is 15.2 Å². The van der Waals surface area contributed by atoms with Crippen molar-refractivity contribution in [2.75, 3.05) is 13.7 Å². The minimum Gasteiger partial charge on any atom is -0.497 e. The van der Waals surface area contributed by atoms with E-state index in [9.17, 15) is 9.59 Å². The van der Waals surface area contributed by atoms with Crippen LogP contribution in [0.3, 0.4) is 0 Å². The molecule has 0 bridgehead atoms. The van der Waals surface area contributed by atoms with Crippen molar-refractivity contribution in [3.8, 4) is 16.2 Å². The van der Waals surface area contributed by atoms with E-state index in [0.29, 0.717) is 5.39 Å². The summed E-state index contributed by atoms with van der Waals surface area (Å²) in [6, 6.07) is 12.1. The van der Waals surface area contributed by atoms with Crippen LogP contribution in [0.15, 0.2) is 46.6 Å². The number of nitrogens with two attached hydrogens (primary N) is 1. The zero-order valence-corrected chi connectivity index (χ0v) is 21.0. The zero-order chi connectivity index (χ0) is 24.6. The first kappa shape index (κ1) is 23.8. The smallest absolute Gasteiger partial charge is 0.404 e. The van der Waals surface area contributed by atoms with Gasteiger partial charge in [-0.1, -0.05) is 39.0 Å². The molecule has 34 heavy (non-hydrogen) atoms. The molecule has 1 amide bonds. The lowest BCUT2D eigenvalue weighted by Crippen LogP contribution is -2.21. The molecule has 3 N–H and O–H groups in total. The molecule has 4 aromatic rings. The van der Waals surface area contributed by atoms with Gasteiger partial charge in [-0.15, -0.1) is 11.3 Å². The summed E-state index contributed by atoms with van der Waals surface area (Å²) in [4.78, 5) is 28.2. The van der Waals surface area contributed by atoms with E-state index in [1.165, 1.54) is 0 Å². The number of primary amides is 1. The third-order valence-corrected chi connectivity index (χ3v) is 7.02. The Morgan fingerprint density at radius 2 is 1.94 bits per heavy atom. The first-order valence-electron chi connectivity index (χ1n) is 11.2. The van der Waals surface area contributed by atoms with E-state index < -0.39 is 6.09 Å². The summed E-state index contributed by atoms with van der Waals surface area (Å²) in [5.41, 5.74) is 9.04. The van der Waals surface area contributed by atoms with Crippen molar-refractivity contribution in [1.82, 2.24) is 4.98 Å². The Morgan fingerprint density at radius 1 is 1.18 bits per heavy atom. The van der Waals surface area contributed by atoms with Crippen LogP contribution >= 0.6 is 11.3 Å². The van der Waals surface area contributed by atoms with E-state index in [0.717, 1.165) is 50.0 Å². The number of carbonyl (C=O) groups excluding carboxylic acids is 1. The molecule has 2 aromatic carbocycles. The molecule has 0 saturated carbocycles. The van der Waals surface area contributed by atoms with Crippen molar-refractivity contribution >= 4 is 39.1 Å². The molecule has 178 valence electrons. The molecule has 0 radical (unpaired) electrons. The van der Waals surface area contributed by atoms with Crippen LogP contribution in [-0.4, -0.2) is 24.8 Å². The van der Waals surface area contributed by atoms with Crippen LogP contribution in [0, 0.1) is 12.3 Å². The van der Waals surface area contributed by atoms with Crippen LogP contribution in [0.1, 0.15) is 44.2 Å². The fourth-order valence-corrected chi connectivity index (χ4v) is 5.61. The van der Waals surface area contributed by atoms with Crippen molar-refractivity contribution < 1.29 is 14.3 Å². The van der Waals surface area contributed by atoms with Gasteiger partial charge < -0.3 is 20.2 Å². The minimum atomic E-state index is -0.769. The predicted octanol–water partition coefficient (Wildman–Crippen LogP) is 6.34. The Balaban J connectivity index is 1.89. The molecule has 0 spiro atoms. The molecular formula is C27H30N2O4S. The van der Waals surface area contributed by atoms with E-state index in [1.807, 2.05) is 30.5 Å². The number of ether oxygens (including phenoxy) is 2. The fourth-order valence-electron chi connectivity index (χ4n) is 4.55. The number of aryl methyl sites for hydroxylation is 1. The average molecular weight is 479 g/mol. The first-order valence-corrected chi connectivity index (χ1v) is 12.1. The second-order valence-corrected chi connectivity index (χ2v) is 10.8. The molecule has 7 heteroatoms. The van der Waals surface area contributed by atoms with Gasteiger partial charge in [-0.05, 0) is 53.6 Å². The predicted molar refractivity (Wildman–Crippen MR) is 139 cm³/mol. The Bertz CT molecular complexity index is 1430. The minimum absolute atomic E-state index is 0.00108. The normalized spacial score (nSPS) is 12.7. The number of hydrogen-bond donors (Lipinski definition) is 2. The molecule has 0 fully saturated rings. The van der Waals surface area contributed by atoms with E-state index in [-0.39, 0.29) is 23.5 Å². The van der Waals surface area contributed by atoms with Gasteiger partial charge in [0.05, 0.1) is 18.0 Å². The van der Waals surface area contributed by atoms with Gasteiger partial charge in [0.25, 0.3) is 5.56 Å². The lowest BCUT2D eigenvalue weighted by atomic mass is 9.81. The average Bonchev–Trinajstić information content (AvgIpc) is 3.23. The number of rotatable bonds is 6. The lowest BCUT2D eigenvalue weighted by molar-refractivity contribution is 0.140. The molecule has 1 unspecified atom stereocenters. The summed E-state index contributed by atoms with van der Waals surface area (Å²) in [7, 11) is 1.64. The molecule has 2 aromatic heterocycles. The van der Waals surface area contributed by atoms with Crippen molar-refractivity contribution in [2.45, 2.75) is 40.0 Å². The van der Waals surface area contributed by atoms with Crippen LogP contribution in [0.5, 0.6) is 5.75 Å². The molecule has 0 aliphatic carbocycles. The summed E-state index contributed by atoms with van der Waals surface area (Å²) < 4.78 is 10.7. The number of fused-ring (bicyclic) bond motifs is 3. The Labute approximate surface area is 202 Å². The van der Waals surface area contributed by atoms with Gasteiger partial charge in [-0.2, -0.15) is 0 Å². The molecule has 0 aliphatic heterocycles. The van der Waals surface area contributed by atoms with E-state index in [2.05, 4.69) is 44.0 Å². The molecule has 0 aliphatic rings. The topological polar surface area (TPSA) is 94.4 Å². The number of benzene rings is 2. The summed E-state index contributed by atoms with van der Waals surface area (Å²) in [6.07, 6.45) is 0.0582. The molecule has 2 heterocycles. The number of carbonyl (C=O) groups is 1. The zero-order valence-electron chi connectivity index (χ0n) is 20.2. The standard InChI is InChI=1S/C27H30N2O4S/c1-15-9-19(32-5)11-20-22-21(25(30)29-23(15)20)14-34-24(22)17-8-6-7-16(10-17)18(12-27(2,3)4)13-33-26(28)31/h6-11,14,18H,12-13H2,1-5H3,(H2,28,31)(H,29,30). The third kappa shape index (κ3) is 4.80. The van der Waals surface area contributed by atoms with Crippen molar-refractivity contribution in [1.29, 1.82) is 0 Å². The molecule has 6 nitrogen and oxygen atoms in total. The number of thiophene rings is 1. The van der Waals surface area contributed by atoms with Crippen molar-refractivity contribution in [2.24, 2.45) is 11.1 Å². The molecule has 4 rings (SSSR count). The number of aromatic nitrogens is 1. The second-order valence-electron chi connectivity index (χ2n) is 9.89. The van der Waals surface area contributed by atoms with Gasteiger partial charge in [0, 0.05) is 26.9 Å². The maximum Gasteiger partial charge on any atom is 0.404 e. The third-order valence-electron chi connectivity index (χ3n) is 5.99. The van der Waals surface area contributed by atoms with Crippen molar-refractivity contribution in [3.05, 3.63) is 63.3 Å². The van der Waals surface area contributed by atoms with Gasteiger partial charge >= 0.3 is 6.09 Å². The number of amides is 1. The summed E-state index contributed by atoms with van der Waals surface area (Å²) in [6.45, 7) is 8.68. The quantitative estimate of drug-likeness (QED) is 0.338. The van der Waals surface area contributed by atoms with Crippen LogP contribution in [-0.2, 0) is 4.74 Å². The highest BCUT2D eigenvalue weighted by Gasteiger charge is 2.23. The summed E-state index contributed by atoms with van der Waals surface area (Å²) >= 11 is 1.55. The van der Waals surface area contributed by atoms with Crippen LogP contribution in [0.2, 0.25) is 0 Å².